The zero-order valence-corrected chi connectivity index (χ0v) is 10.5. The summed E-state index contributed by atoms with van der Waals surface area (Å²) in [5.41, 5.74) is -1.14. The second-order valence-corrected chi connectivity index (χ2v) is 5.24. The number of carbonyl (C=O) groups excluding carboxylic acids is 1. The fourth-order valence-corrected chi connectivity index (χ4v) is 1.99. The van der Waals surface area contributed by atoms with E-state index in [1.807, 2.05) is 6.92 Å². The van der Waals surface area contributed by atoms with Crippen LogP contribution in [0.4, 0.5) is 0 Å². The lowest BCUT2D eigenvalue weighted by Crippen LogP contribution is -2.48. The highest BCUT2D eigenvalue weighted by Crippen LogP contribution is 2.34. The topological polar surface area (TPSA) is 58.6 Å². The van der Waals surface area contributed by atoms with Crippen molar-refractivity contribution in [3.8, 4) is 0 Å². The Balaban J connectivity index is 2.55. The second kappa shape index (κ2) is 5.15. The predicted octanol–water partition coefficient (Wildman–Crippen LogP) is 1.08. The van der Waals surface area contributed by atoms with Gasteiger partial charge in [0.25, 0.3) is 0 Å². The van der Waals surface area contributed by atoms with E-state index >= 15 is 0 Å². The van der Waals surface area contributed by atoms with Crippen molar-refractivity contribution in [3.63, 3.8) is 0 Å². The monoisotopic (exact) mass is 229 g/mol. The van der Waals surface area contributed by atoms with Crippen LogP contribution in [0.3, 0.4) is 0 Å². The van der Waals surface area contributed by atoms with Gasteiger partial charge in [0, 0.05) is 19.8 Å². The van der Waals surface area contributed by atoms with E-state index in [1.54, 1.807) is 13.8 Å². The van der Waals surface area contributed by atoms with Crippen molar-refractivity contribution in [2.45, 2.75) is 45.6 Å². The van der Waals surface area contributed by atoms with E-state index in [1.165, 1.54) is 0 Å². The van der Waals surface area contributed by atoms with Crippen LogP contribution in [0.2, 0.25) is 0 Å². The van der Waals surface area contributed by atoms with Crippen molar-refractivity contribution in [3.05, 3.63) is 0 Å². The lowest BCUT2D eigenvalue weighted by atomic mass is 9.77. The van der Waals surface area contributed by atoms with Crippen molar-refractivity contribution in [2.24, 2.45) is 5.41 Å². The van der Waals surface area contributed by atoms with Crippen molar-refractivity contribution in [1.29, 1.82) is 0 Å². The maximum absolute atomic E-state index is 12.1. The molecule has 1 fully saturated rings. The standard InChI is InChI=1S/C12H23NO3/c1-4-12(5-7-16-8-6-12)10(14)13-9-11(2,3)15/h15H,4-9H2,1-3H3,(H,13,14). The molecule has 1 heterocycles. The highest BCUT2D eigenvalue weighted by molar-refractivity contribution is 5.82. The number of amides is 1. The number of rotatable bonds is 4. The number of ether oxygens (including phenoxy) is 1. The molecule has 0 unspecified atom stereocenters. The van der Waals surface area contributed by atoms with Crippen LogP contribution in [0.25, 0.3) is 0 Å². The minimum Gasteiger partial charge on any atom is -0.389 e. The number of aliphatic hydroxyl groups is 1. The molecule has 2 N–H and O–H groups in total. The molecule has 16 heavy (non-hydrogen) atoms. The quantitative estimate of drug-likeness (QED) is 0.758. The fraction of sp³-hybridized carbons (Fsp3) is 0.917. The third kappa shape index (κ3) is 3.46. The summed E-state index contributed by atoms with van der Waals surface area (Å²) < 4.78 is 5.29. The maximum atomic E-state index is 12.1. The summed E-state index contributed by atoms with van der Waals surface area (Å²) in [5, 5.41) is 12.4. The molecule has 1 amide bonds. The zero-order chi connectivity index (χ0) is 12.2. The average molecular weight is 229 g/mol. The first-order chi connectivity index (χ1) is 7.40. The molecule has 0 spiro atoms. The molecule has 4 heteroatoms. The van der Waals surface area contributed by atoms with Crippen LogP contribution in [-0.4, -0.2) is 36.4 Å². The zero-order valence-electron chi connectivity index (χ0n) is 10.5. The summed E-state index contributed by atoms with van der Waals surface area (Å²) in [6.45, 7) is 7.03. The molecule has 1 rings (SSSR count). The van der Waals surface area contributed by atoms with Gasteiger partial charge in [0.05, 0.1) is 11.0 Å². The third-order valence-electron chi connectivity index (χ3n) is 3.29. The smallest absolute Gasteiger partial charge is 0.226 e. The molecule has 1 aliphatic heterocycles. The molecule has 0 aromatic carbocycles. The van der Waals surface area contributed by atoms with E-state index in [4.69, 9.17) is 4.74 Å². The molecular weight excluding hydrogens is 206 g/mol. The van der Waals surface area contributed by atoms with Crippen LogP contribution in [-0.2, 0) is 9.53 Å². The number of carbonyl (C=O) groups is 1. The Morgan fingerprint density at radius 3 is 2.44 bits per heavy atom. The molecule has 0 aromatic rings. The lowest BCUT2D eigenvalue weighted by molar-refractivity contribution is -0.138. The molecule has 4 nitrogen and oxygen atoms in total. The normalized spacial score (nSPS) is 20.5. The lowest BCUT2D eigenvalue weighted by Gasteiger charge is -2.35. The molecule has 0 aliphatic carbocycles. The molecule has 0 aromatic heterocycles. The van der Waals surface area contributed by atoms with Gasteiger partial charge >= 0.3 is 0 Å². The minimum absolute atomic E-state index is 0.0559. The maximum Gasteiger partial charge on any atom is 0.226 e. The summed E-state index contributed by atoms with van der Waals surface area (Å²) in [5.74, 6) is 0.0559. The van der Waals surface area contributed by atoms with Gasteiger partial charge in [0.1, 0.15) is 0 Å². The van der Waals surface area contributed by atoms with Crippen molar-refractivity contribution in [1.82, 2.24) is 5.32 Å². The molecule has 0 atom stereocenters. The molecule has 94 valence electrons. The minimum atomic E-state index is -0.851. The highest BCUT2D eigenvalue weighted by Gasteiger charge is 2.38. The molecule has 0 saturated carbocycles. The van der Waals surface area contributed by atoms with Gasteiger partial charge in [-0.15, -0.1) is 0 Å². The summed E-state index contributed by atoms with van der Waals surface area (Å²) in [6.07, 6.45) is 2.39. The van der Waals surface area contributed by atoms with Gasteiger partial charge in [-0.25, -0.2) is 0 Å². The Morgan fingerprint density at radius 1 is 1.44 bits per heavy atom. The van der Waals surface area contributed by atoms with Crippen LogP contribution >= 0.6 is 0 Å². The first-order valence-electron chi connectivity index (χ1n) is 5.98. The van der Waals surface area contributed by atoms with Gasteiger partial charge in [-0.05, 0) is 33.1 Å². The van der Waals surface area contributed by atoms with E-state index in [2.05, 4.69) is 5.32 Å². The average Bonchev–Trinajstić information content (AvgIpc) is 2.25. The number of hydrogen-bond donors (Lipinski definition) is 2. The third-order valence-corrected chi connectivity index (χ3v) is 3.29. The first-order valence-corrected chi connectivity index (χ1v) is 5.98. The first kappa shape index (κ1) is 13.5. The van der Waals surface area contributed by atoms with Crippen LogP contribution in [0.15, 0.2) is 0 Å². The van der Waals surface area contributed by atoms with Crippen molar-refractivity contribution in [2.75, 3.05) is 19.8 Å². The molecular formula is C12H23NO3. The fourth-order valence-electron chi connectivity index (χ4n) is 1.99. The van der Waals surface area contributed by atoms with Crippen molar-refractivity contribution >= 4 is 5.91 Å². The van der Waals surface area contributed by atoms with E-state index in [0.717, 1.165) is 19.3 Å². The van der Waals surface area contributed by atoms with Crippen LogP contribution < -0.4 is 5.32 Å². The van der Waals surface area contributed by atoms with Crippen LogP contribution in [0, 0.1) is 5.41 Å². The molecule has 0 radical (unpaired) electrons. The summed E-state index contributed by atoms with van der Waals surface area (Å²) in [4.78, 5) is 12.1. The van der Waals surface area contributed by atoms with Crippen LogP contribution in [0.5, 0.6) is 0 Å². The predicted molar refractivity (Wildman–Crippen MR) is 62.1 cm³/mol. The Bertz CT molecular complexity index is 239. The Hall–Kier alpha value is -0.610. The Kier molecular flexibility index (Phi) is 4.33. The summed E-state index contributed by atoms with van der Waals surface area (Å²) in [7, 11) is 0. The number of hydrogen-bond acceptors (Lipinski definition) is 3. The van der Waals surface area contributed by atoms with E-state index in [9.17, 15) is 9.90 Å². The van der Waals surface area contributed by atoms with Gasteiger partial charge in [0.2, 0.25) is 5.91 Å². The van der Waals surface area contributed by atoms with E-state index < -0.39 is 5.60 Å². The molecule has 1 aliphatic rings. The Morgan fingerprint density at radius 2 is 2.00 bits per heavy atom. The van der Waals surface area contributed by atoms with Crippen molar-refractivity contribution < 1.29 is 14.6 Å². The SMILES string of the molecule is CCC1(C(=O)NCC(C)(C)O)CCOCC1. The van der Waals surface area contributed by atoms with Crippen LogP contribution in [0.1, 0.15) is 40.0 Å². The molecule has 0 bridgehead atoms. The highest BCUT2D eigenvalue weighted by atomic mass is 16.5. The molecule has 1 saturated heterocycles. The summed E-state index contributed by atoms with van der Waals surface area (Å²) in [6, 6.07) is 0. The van der Waals surface area contributed by atoms with Gasteiger partial charge in [-0.3, -0.25) is 4.79 Å². The van der Waals surface area contributed by atoms with Gasteiger partial charge in [0.15, 0.2) is 0 Å². The second-order valence-electron chi connectivity index (χ2n) is 5.24. The largest absolute Gasteiger partial charge is 0.389 e. The van der Waals surface area contributed by atoms with E-state index in [-0.39, 0.29) is 11.3 Å². The Labute approximate surface area is 97.4 Å². The van der Waals surface area contributed by atoms with E-state index in [0.29, 0.717) is 19.8 Å². The summed E-state index contributed by atoms with van der Waals surface area (Å²) >= 11 is 0. The van der Waals surface area contributed by atoms with Gasteiger partial charge in [-0.1, -0.05) is 6.92 Å². The van der Waals surface area contributed by atoms with Gasteiger partial charge < -0.3 is 15.2 Å². The van der Waals surface area contributed by atoms with Gasteiger partial charge in [-0.2, -0.15) is 0 Å². The number of nitrogens with one attached hydrogen (secondary N) is 1.